The van der Waals surface area contributed by atoms with Crippen molar-refractivity contribution in [2.75, 3.05) is 19.7 Å². The van der Waals surface area contributed by atoms with Crippen LogP contribution in [0.3, 0.4) is 0 Å². The molecule has 0 aliphatic carbocycles. The number of rotatable bonds is 12. The Morgan fingerprint density at radius 2 is 1.76 bits per heavy atom. The molecule has 2 bridgehead atoms. The van der Waals surface area contributed by atoms with Crippen LogP contribution in [0.5, 0.6) is 0 Å². The number of hydrogen-bond acceptors (Lipinski definition) is 5. The summed E-state index contributed by atoms with van der Waals surface area (Å²) in [5.41, 5.74) is 0.511. The average Bonchev–Trinajstić information content (AvgIpc) is 3.50. The fourth-order valence-electron chi connectivity index (χ4n) is 7.59. The van der Waals surface area contributed by atoms with Gasteiger partial charge in [-0.25, -0.2) is 0 Å². The predicted octanol–water partition coefficient (Wildman–Crippen LogP) is 4.90. The van der Waals surface area contributed by atoms with Crippen LogP contribution in [0.4, 0.5) is 0 Å². The summed E-state index contributed by atoms with van der Waals surface area (Å²) >= 11 is 1.68. The Morgan fingerprint density at radius 3 is 2.31 bits per heavy atom. The van der Waals surface area contributed by atoms with Crippen LogP contribution in [0.25, 0.3) is 0 Å². The van der Waals surface area contributed by atoms with Gasteiger partial charge in [0.2, 0.25) is 17.7 Å². The van der Waals surface area contributed by atoms with Crippen molar-refractivity contribution in [3.8, 4) is 0 Å². The lowest BCUT2D eigenvalue weighted by Crippen LogP contribution is -2.60. The van der Waals surface area contributed by atoms with Crippen molar-refractivity contribution in [1.82, 2.24) is 14.7 Å². The number of aliphatic hydroxyl groups is 1. The number of benzene rings is 1. The molecule has 1 aromatic carbocycles. The molecule has 0 radical (unpaired) electrons. The van der Waals surface area contributed by atoms with Crippen LogP contribution in [0.2, 0.25) is 0 Å². The third-order valence-electron chi connectivity index (χ3n) is 9.33. The van der Waals surface area contributed by atoms with Gasteiger partial charge in [-0.05, 0) is 58.4 Å². The Labute approximate surface area is 256 Å². The summed E-state index contributed by atoms with van der Waals surface area (Å²) in [7, 11) is 0. The highest BCUT2D eigenvalue weighted by Gasteiger charge is 2.78. The van der Waals surface area contributed by atoms with E-state index >= 15 is 0 Å². The first-order chi connectivity index (χ1) is 19.8. The highest BCUT2D eigenvalue weighted by Crippen LogP contribution is 2.72. The lowest BCUT2D eigenvalue weighted by atomic mass is 9.66. The van der Waals surface area contributed by atoms with Crippen molar-refractivity contribution < 1.29 is 19.5 Å². The first-order valence-corrected chi connectivity index (χ1v) is 16.1. The van der Waals surface area contributed by atoms with E-state index in [1.54, 1.807) is 38.6 Å². The molecule has 3 fully saturated rings. The van der Waals surface area contributed by atoms with Gasteiger partial charge in [0, 0.05) is 29.9 Å². The Hall–Kier alpha value is -2.58. The van der Waals surface area contributed by atoms with E-state index in [0.717, 1.165) is 12.0 Å². The van der Waals surface area contributed by atoms with E-state index in [1.807, 2.05) is 51.1 Å². The van der Waals surface area contributed by atoms with Crippen molar-refractivity contribution in [1.29, 1.82) is 0 Å². The fourth-order valence-corrected chi connectivity index (χ4v) is 9.92. The van der Waals surface area contributed by atoms with Crippen molar-refractivity contribution in [3.05, 3.63) is 61.2 Å². The third-order valence-corrected chi connectivity index (χ3v) is 11.3. The lowest BCUT2D eigenvalue weighted by Gasteiger charge is -2.44. The molecule has 3 heterocycles. The van der Waals surface area contributed by atoms with Crippen LogP contribution in [0, 0.1) is 17.8 Å². The zero-order chi connectivity index (χ0) is 31.0. The number of fused-ring (bicyclic) bond motifs is 1. The van der Waals surface area contributed by atoms with Gasteiger partial charge in [-0.2, -0.15) is 0 Å². The Morgan fingerprint density at radius 1 is 1.12 bits per heavy atom. The van der Waals surface area contributed by atoms with Gasteiger partial charge >= 0.3 is 0 Å². The quantitative estimate of drug-likeness (QED) is 0.348. The summed E-state index contributed by atoms with van der Waals surface area (Å²) in [6, 6.07) is 8.59. The molecule has 4 rings (SSSR count). The van der Waals surface area contributed by atoms with Crippen LogP contribution in [-0.2, 0) is 20.9 Å². The van der Waals surface area contributed by atoms with Crippen LogP contribution >= 0.6 is 11.8 Å². The molecule has 8 heteroatoms. The lowest BCUT2D eigenvalue weighted by molar-refractivity contribution is -0.149. The first kappa shape index (κ1) is 32.3. The highest BCUT2D eigenvalue weighted by atomic mass is 32.2. The molecule has 1 N–H and O–H groups in total. The minimum Gasteiger partial charge on any atom is -0.394 e. The van der Waals surface area contributed by atoms with E-state index in [1.165, 1.54) is 0 Å². The minimum absolute atomic E-state index is 0.0649. The van der Waals surface area contributed by atoms with Gasteiger partial charge in [-0.15, -0.1) is 24.9 Å². The zero-order valence-electron chi connectivity index (χ0n) is 26.2. The second-order valence-corrected chi connectivity index (χ2v) is 15.7. The molecule has 3 amide bonds. The van der Waals surface area contributed by atoms with Crippen LogP contribution in [-0.4, -0.2) is 84.3 Å². The molecule has 230 valence electrons. The first-order valence-electron chi connectivity index (χ1n) is 15.2. The van der Waals surface area contributed by atoms with Gasteiger partial charge in [0.1, 0.15) is 6.04 Å². The van der Waals surface area contributed by atoms with Gasteiger partial charge in [0.15, 0.2) is 0 Å². The van der Waals surface area contributed by atoms with Crippen LogP contribution in [0.15, 0.2) is 55.6 Å². The molecule has 6 atom stereocenters. The number of carbonyl (C=O) groups excluding carboxylic acids is 3. The second kappa shape index (κ2) is 12.2. The third kappa shape index (κ3) is 5.57. The molecule has 0 aromatic heterocycles. The maximum Gasteiger partial charge on any atom is 0.247 e. The number of hydrogen-bond donors (Lipinski definition) is 1. The number of nitrogens with zero attached hydrogens (tertiary/aromatic N) is 3. The SMILES string of the molecule is C=CCN(Cc1ccccc1)C(=O)[C@H]1[C@H]2C(=O)N([C@@H](CO)CC(C)C)C(C(=O)N(CC=C)C(C)(C)C)C23CC[C@]1(C)S3. The number of thioether (sulfide) groups is 1. The van der Waals surface area contributed by atoms with Crippen LogP contribution < -0.4 is 0 Å². The molecule has 1 aromatic rings. The van der Waals surface area contributed by atoms with E-state index in [4.69, 9.17) is 0 Å². The van der Waals surface area contributed by atoms with Crippen molar-refractivity contribution in [3.63, 3.8) is 0 Å². The smallest absolute Gasteiger partial charge is 0.247 e. The predicted molar refractivity (Wildman–Crippen MR) is 170 cm³/mol. The van der Waals surface area contributed by atoms with Crippen molar-refractivity contribution in [2.45, 2.75) is 94.5 Å². The highest BCUT2D eigenvalue weighted by molar-refractivity contribution is 8.02. The summed E-state index contributed by atoms with van der Waals surface area (Å²) < 4.78 is -1.22. The van der Waals surface area contributed by atoms with E-state index in [2.05, 4.69) is 33.9 Å². The summed E-state index contributed by atoms with van der Waals surface area (Å²) in [6.45, 7) is 20.9. The molecule has 3 aliphatic rings. The number of carbonyl (C=O) groups is 3. The maximum atomic E-state index is 14.7. The largest absolute Gasteiger partial charge is 0.394 e. The van der Waals surface area contributed by atoms with Crippen LogP contribution in [0.1, 0.15) is 66.4 Å². The molecular formula is C34H49N3O4S. The molecule has 42 heavy (non-hydrogen) atoms. The van der Waals surface area contributed by atoms with Gasteiger partial charge in [0.25, 0.3) is 0 Å². The number of likely N-dealkylation sites (tertiary alicyclic amines) is 1. The van der Waals surface area contributed by atoms with E-state index < -0.39 is 39.0 Å². The Bertz CT molecular complexity index is 1200. The van der Waals surface area contributed by atoms with Crippen molar-refractivity contribution in [2.24, 2.45) is 17.8 Å². The molecular weight excluding hydrogens is 546 g/mol. The van der Waals surface area contributed by atoms with E-state index in [0.29, 0.717) is 32.5 Å². The normalized spacial score (nSPS) is 29.0. The van der Waals surface area contributed by atoms with E-state index in [-0.39, 0.29) is 30.2 Å². The monoisotopic (exact) mass is 595 g/mol. The van der Waals surface area contributed by atoms with Gasteiger partial charge < -0.3 is 19.8 Å². The molecule has 1 spiro atoms. The standard InChI is InChI=1S/C34H49N3O4S/c1-9-18-35(21-24-14-12-11-13-15-24)29(39)26-27-30(40)37(25(22-38)20-23(3)4)28(34(27)17-16-33(26,8)42-34)31(41)36(19-10-2)32(5,6)7/h9-15,23,25-28,38H,1-2,16-22H2,3-8H3/t25-,26-,27+,28?,33+,34?/m1/s1. The maximum absolute atomic E-state index is 14.7. The second-order valence-electron chi connectivity index (χ2n) is 13.8. The number of aliphatic hydroxyl groups excluding tert-OH is 1. The molecule has 3 aliphatic heterocycles. The molecule has 2 unspecified atom stereocenters. The summed E-state index contributed by atoms with van der Waals surface area (Å²) in [5.74, 6) is -1.37. The van der Waals surface area contributed by atoms with E-state index in [9.17, 15) is 19.5 Å². The Balaban J connectivity index is 1.82. The number of amides is 3. The molecule has 7 nitrogen and oxygen atoms in total. The average molecular weight is 596 g/mol. The molecule has 3 saturated heterocycles. The van der Waals surface area contributed by atoms with Gasteiger partial charge in [-0.1, -0.05) is 56.3 Å². The van der Waals surface area contributed by atoms with Gasteiger partial charge in [-0.3, -0.25) is 14.4 Å². The zero-order valence-corrected chi connectivity index (χ0v) is 27.0. The summed E-state index contributed by atoms with van der Waals surface area (Å²) in [4.78, 5) is 49.3. The minimum atomic E-state index is -0.767. The summed E-state index contributed by atoms with van der Waals surface area (Å²) in [5, 5.41) is 10.6. The van der Waals surface area contributed by atoms with Gasteiger partial charge in [0.05, 0.1) is 29.2 Å². The van der Waals surface area contributed by atoms with Crippen molar-refractivity contribution >= 4 is 29.5 Å². The fraction of sp³-hybridized carbons (Fsp3) is 0.618. The molecule has 0 saturated carbocycles. The summed E-state index contributed by atoms with van der Waals surface area (Å²) in [6.07, 6.45) is 5.44. The Kier molecular flexibility index (Phi) is 9.39. The topological polar surface area (TPSA) is 81.2 Å².